The van der Waals surface area contributed by atoms with Gasteiger partial charge in [0.25, 0.3) is 5.91 Å². The Bertz CT molecular complexity index is 430. The minimum absolute atomic E-state index is 0.00283. The molecule has 0 saturated heterocycles. The number of rotatable bonds is 8. The number of ether oxygens (including phenoxy) is 1. The summed E-state index contributed by atoms with van der Waals surface area (Å²) in [6.07, 6.45) is 0. The van der Waals surface area contributed by atoms with Crippen LogP contribution >= 0.6 is 0 Å². The van der Waals surface area contributed by atoms with Crippen LogP contribution in [0.5, 0.6) is 0 Å². The number of carboxylic acids is 1. The van der Waals surface area contributed by atoms with Gasteiger partial charge in [-0.3, -0.25) is 4.79 Å². The van der Waals surface area contributed by atoms with Crippen molar-refractivity contribution >= 4 is 11.9 Å². The van der Waals surface area contributed by atoms with Crippen LogP contribution in [0.25, 0.3) is 0 Å². The number of amides is 1. The summed E-state index contributed by atoms with van der Waals surface area (Å²) in [5.41, 5.74) is 0. The largest absolute Gasteiger partial charge is 0.475 e. The van der Waals surface area contributed by atoms with E-state index in [1.165, 1.54) is 12.1 Å². The van der Waals surface area contributed by atoms with Gasteiger partial charge in [-0.1, -0.05) is 0 Å². The average molecular weight is 270 g/mol. The van der Waals surface area contributed by atoms with Gasteiger partial charge in [0.2, 0.25) is 5.76 Å². The van der Waals surface area contributed by atoms with Crippen LogP contribution in [-0.2, 0) is 4.74 Å². The Morgan fingerprint density at radius 3 is 2.63 bits per heavy atom. The number of hydrogen-bond acceptors (Lipinski definition) is 5. The Kier molecular flexibility index (Phi) is 6.04. The highest BCUT2D eigenvalue weighted by molar-refractivity contribution is 5.93. The summed E-state index contributed by atoms with van der Waals surface area (Å²) < 4.78 is 9.82. The molecule has 0 saturated carbocycles. The SMILES string of the molecule is COCCN(C)CCNC(=O)c1ccc(C(=O)O)o1. The molecule has 1 rings (SSSR count). The van der Waals surface area contributed by atoms with Crippen LogP contribution in [0.3, 0.4) is 0 Å². The van der Waals surface area contributed by atoms with E-state index < -0.39 is 11.9 Å². The van der Waals surface area contributed by atoms with E-state index in [0.717, 1.165) is 6.54 Å². The van der Waals surface area contributed by atoms with Crippen molar-refractivity contribution in [2.24, 2.45) is 0 Å². The summed E-state index contributed by atoms with van der Waals surface area (Å²) >= 11 is 0. The molecule has 1 amide bonds. The minimum Gasteiger partial charge on any atom is -0.475 e. The van der Waals surface area contributed by atoms with Crippen LogP contribution in [0.4, 0.5) is 0 Å². The summed E-state index contributed by atoms with van der Waals surface area (Å²) in [4.78, 5) is 24.2. The number of furan rings is 1. The third kappa shape index (κ3) is 5.11. The van der Waals surface area contributed by atoms with Gasteiger partial charge in [-0.05, 0) is 19.2 Å². The number of likely N-dealkylation sites (N-methyl/N-ethyl adjacent to an activating group) is 1. The van der Waals surface area contributed by atoms with E-state index in [4.69, 9.17) is 14.3 Å². The smallest absolute Gasteiger partial charge is 0.371 e. The van der Waals surface area contributed by atoms with Crippen molar-refractivity contribution in [1.82, 2.24) is 10.2 Å². The van der Waals surface area contributed by atoms with E-state index in [1.807, 2.05) is 11.9 Å². The summed E-state index contributed by atoms with van der Waals surface area (Å²) in [6.45, 7) is 2.52. The summed E-state index contributed by atoms with van der Waals surface area (Å²) in [5.74, 6) is -1.87. The molecule has 0 aliphatic heterocycles. The zero-order chi connectivity index (χ0) is 14.3. The fourth-order valence-electron chi connectivity index (χ4n) is 1.38. The fourth-order valence-corrected chi connectivity index (χ4v) is 1.38. The second-order valence-corrected chi connectivity index (χ2v) is 4.02. The normalized spacial score (nSPS) is 10.7. The topological polar surface area (TPSA) is 92.0 Å². The first kappa shape index (κ1) is 15.2. The average Bonchev–Trinajstić information content (AvgIpc) is 2.86. The Balaban J connectivity index is 2.32. The van der Waals surface area contributed by atoms with Gasteiger partial charge in [0.05, 0.1) is 6.61 Å². The van der Waals surface area contributed by atoms with Crippen LogP contribution in [0.1, 0.15) is 21.1 Å². The van der Waals surface area contributed by atoms with Gasteiger partial charge in [0, 0.05) is 26.7 Å². The lowest BCUT2D eigenvalue weighted by atomic mass is 10.4. The van der Waals surface area contributed by atoms with Crippen LogP contribution in [0.15, 0.2) is 16.5 Å². The molecule has 7 nitrogen and oxygen atoms in total. The lowest BCUT2D eigenvalue weighted by Crippen LogP contribution is -2.34. The summed E-state index contributed by atoms with van der Waals surface area (Å²) in [5, 5.41) is 11.3. The third-order valence-electron chi connectivity index (χ3n) is 2.50. The molecule has 19 heavy (non-hydrogen) atoms. The molecule has 1 heterocycles. The van der Waals surface area contributed by atoms with Crippen LogP contribution in [0.2, 0.25) is 0 Å². The predicted octanol–water partition coefficient (Wildman–Crippen LogP) is 0.286. The lowest BCUT2D eigenvalue weighted by Gasteiger charge is -2.15. The van der Waals surface area contributed by atoms with Gasteiger partial charge in [-0.15, -0.1) is 0 Å². The number of carbonyl (C=O) groups excluding carboxylic acids is 1. The molecule has 0 radical (unpaired) electrons. The maximum Gasteiger partial charge on any atom is 0.371 e. The molecule has 0 unspecified atom stereocenters. The first-order valence-corrected chi connectivity index (χ1v) is 5.83. The van der Waals surface area contributed by atoms with Crippen LogP contribution in [0, 0.1) is 0 Å². The van der Waals surface area contributed by atoms with Crippen molar-refractivity contribution in [1.29, 1.82) is 0 Å². The zero-order valence-electron chi connectivity index (χ0n) is 11.0. The molecule has 0 aliphatic carbocycles. The highest BCUT2D eigenvalue weighted by atomic mass is 16.5. The van der Waals surface area contributed by atoms with Gasteiger partial charge in [0.1, 0.15) is 0 Å². The number of methoxy groups -OCH3 is 1. The third-order valence-corrected chi connectivity index (χ3v) is 2.50. The minimum atomic E-state index is -1.20. The molecule has 0 bridgehead atoms. The maximum atomic E-state index is 11.6. The number of nitrogens with one attached hydrogen (secondary N) is 1. The van der Waals surface area contributed by atoms with Gasteiger partial charge in [-0.2, -0.15) is 0 Å². The molecule has 1 aromatic heterocycles. The first-order chi connectivity index (χ1) is 9.04. The summed E-state index contributed by atoms with van der Waals surface area (Å²) in [7, 11) is 3.55. The molecule has 0 aromatic carbocycles. The number of carboxylic acid groups (broad SMARTS) is 1. The van der Waals surface area contributed by atoms with E-state index >= 15 is 0 Å². The Labute approximate surface area is 111 Å². The quantitative estimate of drug-likeness (QED) is 0.705. The Morgan fingerprint density at radius 1 is 1.37 bits per heavy atom. The molecule has 0 fully saturated rings. The van der Waals surface area contributed by atoms with Crippen molar-refractivity contribution in [3.63, 3.8) is 0 Å². The number of aromatic carboxylic acids is 1. The highest BCUT2D eigenvalue weighted by Gasteiger charge is 2.14. The van der Waals surface area contributed by atoms with Crippen molar-refractivity contribution in [3.05, 3.63) is 23.7 Å². The van der Waals surface area contributed by atoms with Crippen LogP contribution in [-0.4, -0.2) is 62.3 Å². The molecule has 7 heteroatoms. The zero-order valence-corrected chi connectivity index (χ0v) is 11.0. The maximum absolute atomic E-state index is 11.6. The fraction of sp³-hybridized carbons (Fsp3) is 0.500. The van der Waals surface area contributed by atoms with Crippen LogP contribution < -0.4 is 5.32 Å². The van der Waals surface area contributed by atoms with E-state index in [9.17, 15) is 9.59 Å². The molecule has 1 aromatic rings. The molecular weight excluding hydrogens is 252 g/mol. The van der Waals surface area contributed by atoms with Gasteiger partial charge < -0.3 is 24.5 Å². The van der Waals surface area contributed by atoms with Gasteiger partial charge in [0.15, 0.2) is 5.76 Å². The standard InChI is InChI=1S/C12H18N2O5/c1-14(7-8-18-2)6-5-13-11(15)9-3-4-10(19-9)12(16)17/h3-4H,5-8H2,1-2H3,(H,13,15)(H,16,17). The summed E-state index contributed by atoms with van der Waals surface area (Å²) in [6, 6.07) is 2.59. The lowest BCUT2D eigenvalue weighted by molar-refractivity contribution is 0.0659. The molecule has 0 aliphatic rings. The monoisotopic (exact) mass is 270 g/mol. The van der Waals surface area contributed by atoms with E-state index in [2.05, 4.69) is 5.32 Å². The van der Waals surface area contributed by atoms with E-state index in [0.29, 0.717) is 19.7 Å². The first-order valence-electron chi connectivity index (χ1n) is 5.83. The Hall–Kier alpha value is -1.86. The van der Waals surface area contributed by atoms with Crippen molar-refractivity contribution < 1.29 is 23.8 Å². The number of carbonyl (C=O) groups is 2. The van der Waals surface area contributed by atoms with E-state index in [1.54, 1.807) is 7.11 Å². The van der Waals surface area contributed by atoms with Gasteiger partial charge >= 0.3 is 5.97 Å². The second-order valence-electron chi connectivity index (χ2n) is 4.02. The van der Waals surface area contributed by atoms with Gasteiger partial charge in [-0.25, -0.2) is 4.79 Å². The Morgan fingerprint density at radius 2 is 2.05 bits per heavy atom. The molecule has 0 spiro atoms. The van der Waals surface area contributed by atoms with Crippen molar-refractivity contribution in [2.75, 3.05) is 40.4 Å². The molecule has 2 N–H and O–H groups in total. The second kappa shape index (κ2) is 7.55. The number of nitrogens with zero attached hydrogens (tertiary/aromatic N) is 1. The van der Waals surface area contributed by atoms with Crippen molar-refractivity contribution in [2.45, 2.75) is 0 Å². The van der Waals surface area contributed by atoms with E-state index in [-0.39, 0.29) is 11.5 Å². The highest BCUT2D eigenvalue weighted by Crippen LogP contribution is 2.07. The molecule has 0 atom stereocenters. The molecule has 106 valence electrons. The van der Waals surface area contributed by atoms with Crippen molar-refractivity contribution in [3.8, 4) is 0 Å². The molecular formula is C12H18N2O5. The number of hydrogen-bond donors (Lipinski definition) is 2. The predicted molar refractivity (Wildman–Crippen MR) is 67.4 cm³/mol.